The van der Waals surface area contributed by atoms with Crippen molar-refractivity contribution >= 4 is 65.3 Å². The lowest BCUT2D eigenvalue weighted by molar-refractivity contribution is -0.123. The number of hydrogen-bond donors (Lipinski definition) is 0. The average Bonchev–Trinajstić information content (AvgIpc) is 2.29. The first-order valence-corrected chi connectivity index (χ1v) is 7.29. The van der Waals surface area contributed by atoms with Crippen LogP contribution in [0.3, 0.4) is 0 Å². The Morgan fingerprint density at radius 2 is 1.67 bits per heavy atom. The van der Waals surface area contributed by atoms with E-state index in [0.29, 0.717) is 5.69 Å². The van der Waals surface area contributed by atoms with Crippen molar-refractivity contribution in [3.63, 3.8) is 0 Å². The summed E-state index contributed by atoms with van der Waals surface area (Å²) in [5.74, 6) is -0.935. The molecule has 0 bridgehead atoms. The van der Waals surface area contributed by atoms with Crippen molar-refractivity contribution in [3.8, 4) is 0 Å². The molecule has 1 aromatic carbocycles. The van der Waals surface area contributed by atoms with Crippen LogP contribution in [-0.2, 0) is 9.59 Å². The Morgan fingerprint density at radius 1 is 1.17 bits per heavy atom. The van der Waals surface area contributed by atoms with Gasteiger partial charge in [-0.25, -0.2) is 4.90 Å². The number of para-hydroxylation sites is 1. The number of carbonyl (C=O) groups is 2. The minimum absolute atomic E-state index is 0.281. The van der Waals surface area contributed by atoms with Crippen LogP contribution in [0.1, 0.15) is 6.92 Å². The monoisotopic (exact) mass is 437 g/mol. The largest absolute Gasteiger partial charge is 0.272 e. The molecule has 0 fully saturated rings. The van der Waals surface area contributed by atoms with Crippen molar-refractivity contribution in [1.82, 2.24) is 0 Å². The van der Waals surface area contributed by atoms with Gasteiger partial charge in [-0.15, -0.1) is 0 Å². The van der Waals surface area contributed by atoms with Gasteiger partial charge in [0.25, 0.3) is 11.8 Å². The average molecular weight is 440 g/mol. The second kappa shape index (κ2) is 6.12. The third kappa shape index (κ3) is 3.76. The molecule has 0 heterocycles. The fourth-order valence-electron chi connectivity index (χ4n) is 1.22. The molecule has 0 aromatic heterocycles. The summed E-state index contributed by atoms with van der Waals surface area (Å²) in [5.41, 5.74) is 0.766. The van der Waals surface area contributed by atoms with Gasteiger partial charge >= 0.3 is 0 Å². The van der Waals surface area contributed by atoms with Crippen LogP contribution in [0, 0.1) is 0 Å². The van der Waals surface area contributed by atoms with Gasteiger partial charge in [0.1, 0.15) is 0 Å². The standard InChI is InChI=1S/C12H10Br3NO2/c1-8(2)10(17)16(11(18)12(13,14)15)9-6-4-3-5-7-9/h3-7H,1H2,2H3. The Morgan fingerprint density at radius 3 is 2.06 bits per heavy atom. The molecular formula is C12H10Br3NO2. The lowest BCUT2D eigenvalue weighted by Gasteiger charge is -2.25. The summed E-state index contributed by atoms with van der Waals surface area (Å²) in [6.07, 6.45) is 0. The first-order valence-electron chi connectivity index (χ1n) is 4.91. The molecule has 3 nitrogen and oxygen atoms in total. The van der Waals surface area contributed by atoms with E-state index >= 15 is 0 Å². The van der Waals surface area contributed by atoms with Crippen LogP contribution < -0.4 is 4.90 Å². The zero-order valence-electron chi connectivity index (χ0n) is 9.49. The van der Waals surface area contributed by atoms with Crippen molar-refractivity contribution in [1.29, 1.82) is 0 Å². The van der Waals surface area contributed by atoms with E-state index in [1.54, 1.807) is 37.3 Å². The molecule has 0 saturated carbocycles. The van der Waals surface area contributed by atoms with Crippen molar-refractivity contribution < 1.29 is 9.59 Å². The van der Waals surface area contributed by atoms with Gasteiger partial charge in [-0.2, -0.15) is 0 Å². The lowest BCUT2D eigenvalue weighted by Crippen LogP contribution is -2.43. The SMILES string of the molecule is C=C(C)C(=O)N(C(=O)C(Br)(Br)Br)c1ccccc1. The summed E-state index contributed by atoms with van der Waals surface area (Å²) in [5, 5.41) is 0. The zero-order valence-corrected chi connectivity index (χ0v) is 14.2. The summed E-state index contributed by atoms with van der Waals surface area (Å²) in [4.78, 5) is 25.4. The minimum atomic E-state index is -1.19. The maximum absolute atomic E-state index is 12.2. The first kappa shape index (κ1) is 15.6. The van der Waals surface area contributed by atoms with E-state index in [0.717, 1.165) is 4.90 Å². The summed E-state index contributed by atoms with van der Waals surface area (Å²) in [6.45, 7) is 5.14. The maximum Gasteiger partial charge on any atom is 0.272 e. The molecule has 6 heteroatoms. The lowest BCUT2D eigenvalue weighted by atomic mass is 10.2. The van der Waals surface area contributed by atoms with Crippen LogP contribution in [-0.4, -0.2) is 14.0 Å². The topological polar surface area (TPSA) is 37.4 Å². The van der Waals surface area contributed by atoms with E-state index in [2.05, 4.69) is 54.4 Å². The molecule has 0 aliphatic carbocycles. The van der Waals surface area contributed by atoms with Gasteiger partial charge in [-0.1, -0.05) is 24.8 Å². The van der Waals surface area contributed by atoms with E-state index < -0.39 is 14.0 Å². The van der Waals surface area contributed by atoms with Crippen LogP contribution >= 0.6 is 47.8 Å². The highest BCUT2D eigenvalue weighted by atomic mass is 80.0. The fraction of sp³-hybridized carbons (Fsp3) is 0.167. The van der Waals surface area contributed by atoms with Gasteiger partial charge < -0.3 is 0 Å². The summed E-state index contributed by atoms with van der Waals surface area (Å²) < 4.78 is -1.19. The van der Waals surface area contributed by atoms with Crippen LogP contribution in [0.15, 0.2) is 42.5 Å². The molecule has 18 heavy (non-hydrogen) atoms. The first-order chi connectivity index (χ1) is 8.25. The molecule has 0 radical (unpaired) electrons. The number of rotatable bonds is 2. The van der Waals surface area contributed by atoms with Crippen LogP contribution in [0.5, 0.6) is 0 Å². The number of anilines is 1. The Hall–Kier alpha value is -0.460. The molecule has 0 atom stereocenters. The van der Waals surface area contributed by atoms with Crippen molar-refractivity contribution in [2.45, 2.75) is 9.07 Å². The Bertz CT molecular complexity index is 480. The highest BCUT2D eigenvalue weighted by Gasteiger charge is 2.37. The summed E-state index contributed by atoms with van der Waals surface area (Å²) in [7, 11) is 0. The molecule has 96 valence electrons. The molecule has 1 rings (SSSR count). The van der Waals surface area contributed by atoms with E-state index in [1.165, 1.54) is 0 Å². The molecular weight excluding hydrogens is 430 g/mol. The number of amides is 2. The highest BCUT2D eigenvalue weighted by Crippen LogP contribution is 2.37. The second-order valence-corrected chi connectivity index (χ2v) is 10.3. The maximum atomic E-state index is 12.2. The smallest absolute Gasteiger partial charge is 0.270 e. The minimum Gasteiger partial charge on any atom is -0.270 e. The second-order valence-electron chi connectivity index (χ2n) is 3.56. The molecule has 0 N–H and O–H groups in total. The van der Waals surface area contributed by atoms with Gasteiger partial charge in [-0.3, -0.25) is 9.59 Å². The number of nitrogens with zero attached hydrogens (tertiary/aromatic N) is 1. The number of alkyl halides is 3. The number of hydrogen-bond acceptors (Lipinski definition) is 2. The number of carbonyl (C=O) groups excluding carboxylic acids is 2. The van der Waals surface area contributed by atoms with Crippen LogP contribution in [0.25, 0.3) is 0 Å². The van der Waals surface area contributed by atoms with Crippen LogP contribution in [0.4, 0.5) is 5.69 Å². The number of benzene rings is 1. The molecule has 0 unspecified atom stereocenters. The van der Waals surface area contributed by atoms with Crippen molar-refractivity contribution in [3.05, 3.63) is 42.5 Å². The number of halogens is 3. The van der Waals surface area contributed by atoms with Crippen molar-refractivity contribution in [2.75, 3.05) is 4.90 Å². The van der Waals surface area contributed by atoms with Gasteiger partial charge in [0.05, 0.1) is 5.69 Å². The van der Waals surface area contributed by atoms with E-state index in [9.17, 15) is 9.59 Å². The summed E-state index contributed by atoms with van der Waals surface area (Å²) in [6, 6.07) is 8.66. The Kier molecular flexibility index (Phi) is 5.31. The van der Waals surface area contributed by atoms with E-state index in [-0.39, 0.29) is 5.57 Å². The summed E-state index contributed by atoms with van der Waals surface area (Å²) >= 11 is 9.36. The van der Waals surface area contributed by atoms with Crippen LogP contribution in [0.2, 0.25) is 0 Å². The van der Waals surface area contributed by atoms with E-state index in [4.69, 9.17) is 0 Å². The fourth-order valence-corrected chi connectivity index (χ4v) is 1.75. The Labute approximate surface area is 131 Å². The third-order valence-electron chi connectivity index (χ3n) is 2.03. The quantitative estimate of drug-likeness (QED) is 0.516. The van der Waals surface area contributed by atoms with Crippen molar-refractivity contribution in [2.24, 2.45) is 0 Å². The molecule has 0 spiro atoms. The predicted octanol–water partition coefficient (Wildman–Crippen LogP) is 3.96. The van der Waals surface area contributed by atoms with Gasteiger partial charge in [-0.05, 0) is 66.8 Å². The van der Waals surface area contributed by atoms with Gasteiger partial charge in [0, 0.05) is 5.57 Å². The molecule has 0 aliphatic heterocycles. The van der Waals surface area contributed by atoms with Gasteiger partial charge in [0.2, 0.25) is 2.14 Å². The predicted molar refractivity (Wildman–Crippen MR) is 83.3 cm³/mol. The third-order valence-corrected chi connectivity index (χ3v) is 3.05. The van der Waals surface area contributed by atoms with E-state index in [1.807, 2.05) is 0 Å². The molecule has 0 aliphatic rings. The molecule has 1 aromatic rings. The number of imide groups is 1. The molecule has 2 amide bonds. The normalized spacial score (nSPS) is 10.9. The Balaban J connectivity index is 3.24. The zero-order chi connectivity index (χ0) is 13.9. The molecule has 0 saturated heterocycles. The van der Waals surface area contributed by atoms with Gasteiger partial charge in [0.15, 0.2) is 0 Å². The highest BCUT2D eigenvalue weighted by molar-refractivity contribution is 9.40.